The van der Waals surface area contributed by atoms with Gasteiger partial charge in [-0.1, -0.05) is 30.5 Å². The predicted octanol–water partition coefficient (Wildman–Crippen LogP) is 2.62. The van der Waals surface area contributed by atoms with Crippen LogP contribution < -0.4 is 4.72 Å². The molecule has 0 bridgehead atoms. The van der Waals surface area contributed by atoms with Gasteiger partial charge in [-0.25, -0.2) is 17.5 Å². The third kappa shape index (κ3) is 4.64. The van der Waals surface area contributed by atoms with Crippen LogP contribution in [0.2, 0.25) is 5.02 Å². The van der Waals surface area contributed by atoms with Crippen LogP contribution in [-0.2, 0) is 10.0 Å². The first-order chi connectivity index (χ1) is 9.91. The van der Waals surface area contributed by atoms with Crippen molar-refractivity contribution in [2.24, 2.45) is 5.92 Å². The minimum Gasteiger partial charge on any atom is -0.394 e. The molecule has 0 spiro atoms. The highest BCUT2D eigenvalue weighted by Gasteiger charge is 2.25. The van der Waals surface area contributed by atoms with Gasteiger partial charge < -0.3 is 5.11 Å². The maximum Gasteiger partial charge on any atom is 0.212 e. The first kappa shape index (κ1) is 16.7. The summed E-state index contributed by atoms with van der Waals surface area (Å²) in [5, 5.41) is 9.34. The molecule has 0 saturated heterocycles. The fraction of sp³-hybridized carbons (Fsp3) is 0.571. The smallest absolute Gasteiger partial charge is 0.212 e. The molecule has 1 aliphatic rings. The standard InChI is InChI=1S/C14H19ClFNO3S/c15-12-6-5-11(7-13(12)16)14(8-18)17-21(19,20)9-10-3-1-2-4-10/h5-7,10,14,17-18H,1-4,8-9H2. The lowest BCUT2D eigenvalue weighted by Crippen LogP contribution is -2.34. The molecular weight excluding hydrogens is 317 g/mol. The van der Waals surface area contributed by atoms with Crippen molar-refractivity contribution in [3.63, 3.8) is 0 Å². The van der Waals surface area contributed by atoms with Crippen molar-refractivity contribution in [3.8, 4) is 0 Å². The monoisotopic (exact) mass is 335 g/mol. The topological polar surface area (TPSA) is 66.4 Å². The summed E-state index contributed by atoms with van der Waals surface area (Å²) in [4.78, 5) is 0. The average molecular weight is 336 g/mol. The number of benzene rings is 1. The van der Waals surface area contributed by atoms with Crippen LogP contribution >= 0.6 is 11.6 Å². The summed E-state index contributed by atoms with van der Waals surface area (Å²) >= 11 is 5.60. The summed E-state index contributed by atoms with van der Waals surface area (Å²) in [6, 6.07) is 3.13. The molecule has 7 heteroatoms. The summed E-state index contributed by atoms with van der Waals surface area (Å²) < 4.78 is 40.2. The Hall–Kier alpha value is -0.690. The van der Waals surface area contributed by atoms with Crippen LogP contribution in [0.15, 0.2) is 18.2 Å². The van der Waals surface area contributed by atoms with E-state index in [9.17, 15) is 17.9 Å². The van der Waals surface area contributed by atoms with Crippen LogP contribution in [0.3, 0.4) is 0 Å². The quantitative estimate of drug-likeness (QED) is 0.839. The van der Waals surface area contributed by atoms with Crippen molar-refractivity contribution < 1.29 is 17.9 Å². The predicted molar refractivity (Wildman–Crippen MR) is 80.1 cm³/mol. The lowest BCUT2D eigenvalue weighted by Gasteiger charge is -2.18. The largest absolute Gasteiger partial charge is 0.394 e. The van der Waals surface area contributed by atoms with E-state index in [2.05, 4.69) is 4.72 Å². The Balaban J connectivity index is 2.08. The molecule has 2 N–H and O–H groups in total. The Kier molecular flexibility index (Phi) is 5.60. The minimum atomic E-state index is -3.51. The Bertz CT molecular complexity index is 588. The molecule has 1 atom stereocenters. The van der Waals surface area contributed by atoms with Crippen LogP contribution in [0.25, 0.3) is 0 Å². The van der Waals surface area contributed by atoms with E-state index in [1.54, 1.807) is 0 Å². The second-order valence-corrected chi connectivity index (χ2v) is 7.66. The molecule has 21 heavy (non-hydrogen) atoms. The van der Waals surface area contributed by atoms with E-state index >= 15 is 0 Å². The number of aliphatic hydroxyl groups excluding tert-OH is 1. The van der Waals surface area contributed by atoms with Crippen molar-refractivity contribution in [1.29, 1.82) is 0 Å². The van der Waals surface area contributed by atoms with Crippen LogP contribution in [0.1, 0.15) is 37.3 Å². The molecule has 1 saturated carbocycles. The van der Waals surface area contributed by atoms with Gasteiger partial charge in [0.05, 0.1) is 23.4 Å². The van der Waals surface area contributed by atoms with Crippen molar-refractivity contribution in [3.05, 3.63) is 34.6 Å². The van der Waals surface area contributed by atoms with Gasteiger partial charge in [0.2, 0.25) is 10.0 Å². The van der Waals surface area contributed by atoms with Crippen LogP contribution in [0, 0.1) is 11.7 Å². The maximum absolute atomic E-state index is 13.4. The minimum absolute atomic E-state index is 0.0377. The highest BCUT2D eigenvalue weighted by molar-refractivity contribution is 7.89. The summed E-state index contributed by atoms with van der Waals surface area (Å²) in [6.07, 6.45) is 3.96. The average Bonchev–Trinajstić information content (AvgIpc) is 2.91. The zero-order chi connectivity index (χ0) is 15.5. The van der Waals surface area contributed by atoms with Gasteiger partial charge in [-0.2, -0.15) is 0 Å². The summed E-state index contributed by atoms with van der Waals surface area (Å²) in [6.45, 7) is -0.440. The van der Waals surface area contributed by atoms with Gasteiger partial charge in [-0.05, 0) is 36.5 Å². The third-order valence-electron chi connectivity index (χ3n) is 3.78. The van der Waals surface area contributed by atoms with Crippen molar-refractivity contribution >= 4 is 21.6 Å². The molecule has 1 aliphatic carbocycles. The second kappa shape index (κ2) is 7.05. The van der Waals surface area contributed by atoms with Gasteiger partial charge >= 0.3 is 0 Å². The fourth-order valence-corrected chi connectivity index (χ4v) is 4.50. The normalized spacial score (nSPS) is 18.0. The highest BCUT2D eigenvalue weighted by Crippen LogP contribution is 2.26. The number of hydrogen-bond acceptors (Lipinski definition) is 3. The van der Waals surface area contributed by atoms with Gasteiger partial charge in [0.1, 0.15) is 5.82 Å². The molecule has 118 valence electrons. The van der Waals surface area contributed by atoms with E-state index in [1.807, 2.05) is 0 Å². The molecular formula is C14H19ClFNO3S. The van der Waals surface area contributed by atoms with Gasteiger partial charge in [-0.3, -0.25) is 0 Å². The number of hydrogen-bond donors (Lipinski definition) is 2. The summed E-state index contributed by atoms with van der Waals surface area (Å²) in [5.41, 5.74) is 0.356. The summed E-state index contributed by atoms with van der Waals surface area (Å²) in [7, 11) is -3.51. The van der Waals surface area contributed by atoms with Crippen LogP contribution in [0.4, 0.5) is 4.39 Å². The molecule has 0 heterocycles. The molecule has 0 aromatic heterocycles. The van der Waals surface area contributed by atoms with Crippen molar-refractivity contribution in [2.75, 3.05) is 12.4 Å². The molecule has 0 amide bonds. The highest BCUT2D eigenvalue weighted by atomic mass is 35.5. The number of halogens is 2. The number of nitrogens with one attached hydrogen (secondary N) is 1. The van der Waals surface area contributed by atoms with Gasteiger partial charge in [0.15, 0.2) is 0 Å². The molecule has 1 fully saturated rings. The lowest BCUT2D eigenvalue weighted by molar-refractivity contribution is 0.258. The molecule has 0 radical (unpaired) electrons. The molecule has 1 aromatic rings. The van der Waals surface area contributed by atoms with Gasteiger partial charge in [-0.15, -0.1) is 0 Å². The molecule has 2 rings (SSSR count). The van der Waals surface area contributed by atoms with E-state index in [0.29, 0.717) is 5.56 Å². The SMILES string of the molecule is O=S(=O)(CC1CCCC1)NC(CO)c1ccc(Cl)c(F)c1. The van der Waals surface area contributed by atoms with Crippen molar-refractivity contribution in [2.45, 2.75) is 31.7 Å². The lowest BCUT2D eigenvalue weighted by atomic mass is 10.1. The Morgan fingerprint density at radius 3 is 2.62 bits per heavy atom. The Morgan fingerprint density at radius 2 is 2.05 bits per heavy atom. The third-order valence-corrected chi connectivity index (χ3v) is 5.64. The van der Waals surface area contributed by atoms with Crippen LogP contribution in [0.5, 0.6) is 0 Å². The Labute approximate surface area is 129 Å². The van der Waals surface area contributed by atoms with Crippen molar-refractivity contribution in [1.82, 2.24) is 4.72 Å². The molecule has 1 unspecified atom stereocenters. The molecule has 0 aliphatic heterocycles. The zero-order valence-electron chi connectivity index (χ0n) is 11.6. The molecule has 1 aromatic carbocycles. The first-order valence-electron chi connectivity index (χ1n) is 6.97. The number of sulfonamides is 1. The maximum atomic E-state index is 13.4. The summed E-state index contributed by atoms with van der Waals surface area (Å²) in [5.74, 6) is -0.411. The van der Waals surface area contributed by atoms with E-state index in [-0.39, 0.29) is 16.7 Å². The number of aliphatic hydroxyl groups is 1. The van der Waals surface area contributed by atoms with Gasteiger partial charge in [0, 0.05) is 0 Å². The van der Waals surface area contributed by atoms with Crippen LogP contribution in [-0.4, -0.2) is 25.9 Å². The van der Waals surface area contributed by atoms with E-state index in [1.165, 1.54) is 12.1 Å². The zero-order valence-corrected chi connectivity index (χ0v) is 13.1. The molecule has 4 nitrogen and oxygen atoms in total. The van der Waals surface area contributed by atoms with E-state index < -0.39 is 28.5 Å². The fourth-order valence-electron chi connectivity index (χ4n) is 2.69. The number of rotatable bonds is 6. The van der Waals surface area contributed by atoms with Gasteiger partial charge in [0.25, 0.3) is 0 Å². The van der Waals surface area contributed by atoms with E-state index in [0.717, 1.165) is 31.7 Å². The second-order valence-electron chi connectivity index (χ2n) is 5.46. The Morgan fingerprint density at radius 1 is 1.38 bits per heavy atom. The first-order valence-corrected chi connectivity index (χ1v) is 9.00. The van der Waals surface area contributed by atoms with E-state index in [4.69, 9.17) is 11.6 Å².